The first-order valence-electron chi connectivity index (χ1n) is 12.0. The highest BCUT2D eigenvalue weighted by atomic mass is 16.1. The third-order valence-electron chi connectivity index (χ3n) is 7.06. The SMILES string of the molecule is C#CCN1CCC(CC(=O)c2n[nH]c3ccc(-c4cncc(CN5CCCC5)c4)cc23)CC1. The summed E-state index contributed by atoms with van der Waals surface area (Å²) in [5, 5.41) is 8.33. The van der Waals surface area contributed by atoms with Gasteiger partial charge in [-0.05, 0) is 87.1 Å². The van der Waals surface area contributed by atoms with E-state index in [2.05, 4.69) is 49.1 Å². The van der Waals surface area contributed by atoms with E-state index < -0.39 is 0 Å². The van der Waals surface area contributed by atoms with Gasteiger partial charge in [0.25, 0.3) is 0 Å². The number of likely N-dealkylation sites (tertiary alicyclic amines) is 2. The minimum absolute atomic E-state index is 0.120. The van der Waals surface area contributed by atoms with Crippen molar-refractivity contribution in [1.82, 2.24) is 25.0 Å². The fourth-order valence-electron chi connectivity index (χ4n) is 5.17. The number of rotatable bonds is 7. The van der Waals surface area contributed by atoms with Crippen molar-refractivity contribution in [1.29, 1.82) is 0 Å². The number of carbonyl (C=O) groups is 1. The topological polar surface area (TPSA) is 65.1 Å². The molecular formula is C27H31N5O. The van der Waals surface area contributed by atoms with Gasteiger partial charge in [-0.15, -0.1) is 6.42 Å². The number of aromatic amines is 1. The van der Waals surface area contributed by atoms with Crippen LogP contribution >= 0.6 is 0 Å². The molecule has 2 saturated heterocycles. The highest BCUT2D eigenvalue weighted by Gasteiger charge is 2.24. The maximum absolute atomic E-state index is 13.1. The summed E-state index contributed by atoms with van der Waals surface area (Å²) in [5.74, 6) is 3.23. The summed E-state index contributed by atoms with van der Waals surface area (Å²) < 4.78 is 0. The molecule has 0 unspecified atom stereocenters. The lowest BCUT2D eigenvalue weighted by atomic mass is 9.90. The quantitative estimate of drug-likeness (QED) is 0.441. The summed E-state index contributed by atoms with van der Waals surface area (Å²) in [6.07, 6.45) is 14.4. The number of Topliss-reactive ketones (excluding diaryl/α,β-unsaturated/α-hetero) is 1. The molecule has 0 saturated carbocycles. The van der Waals surface area contributed by atoms with Crippen LogP contribution in [0.15, 0.2) is 36.7 Å². The van der Waals surface area contributed by atoms with Gasteiger partial charge >= 0.3 is 0 Å². The van der Waals surface area contributed by atoms with Crippen molar-refractivity contribution in [3.63, 3.8) is 0 Å². The van der Waals surface area contributed by atoms with Crippen LogP contribution in [0, 0.1) is 18.3 Å². The minimum atomic E-state index is 0.120. The molecule has 0 bridgehead atoms. The van der Waals surface area contributed by atoms with Crippen LogP contribution in [0.25, 0.3) is 22.0 Å². The highest BCUT2D eigenvalue weighted by Crippen LogP contribution is 2.28. The second-order valence-electron chi connectivity index (χ2n) is 9.45. The molecule has 1 N–H and O–H groups in total. The van der Waals surface area contributed by atoms with E-state index in [0.717, 1.165) is 54.5 Å². The summed E-state index contributed by atoms with van der Waals surface area (Å²) >= 11 is 0. The van der Waals surface area contributed by atoms with Crippen molar-refractivity contribution in [2.24, 2.45) is 5.92 Å². The Morgan fingerprint density at radius 3 is 2.67 bits per heavy atom. The van der Waals surface area contributed by atoms with Gasteiger partial charge in [-0.1, -0.05) is 12.0 Å². The van der Waals surface area contributed by atoms with Crippen molar-refractivity contribution in [3.8, 4) is 23.5 Å². The first-order chi connectivity index (χ1) is 16.2. The van der Waals surface area contributed by atoms with Gasteiger partial charge in [-0.25, -0.2) is 0 Å². The van der Waals surface area contributed by atoms with E-state index in [4.69, 9.17) is 6.42 Å². The maximum atomic E-state index is 13.1. The number of terminal acetylenes is 1. The highest BCUT2D eigenvalue weighted by molar-refractivity contribution is 6.06. The Bertz CT molecular complexity index is 1160. The molecule has 170 valence electrons. The number of nitrogens with zero attached hydrogens (tertiary/aromatic N) is 4. The molecule has 2 fully saturated rings. The molecule has 3 aromatic rings. The number of nitrogens with one attached hydrogen (secondary N) is 1. The Kier molecular flexibility index (Phi) is 6.52. The molecule has 6 nitrogen and oxygen atoms in total. The molecule has 6 heteroatoms. The average molecular weight is 442 g/mol. The number of hydrogen-bond donors (Lipinski definition) is 1. The van der Waals surface area contributed by atoms with Crippen molar-refractivity contribution < 1.29 is 4.79 Å². The molecule has 2 aliphatic heterocycles. The van der Waals surface area contributed by atoms with Crippen LogP contribution in [-0.4, -0.2) is 63.5 Å². The number of H-pyrrole nitrogens is 1. The lowest BCUT2D eigenvalue weighted by Crippen LogP contribution is -2.34. The fourth-order valence-corrected chi connectivity index (χ4v) is 5.17. The van der Waals surface area contributed by atoms with E-state index in [1.807, 2.05) is 18.5 Å². The largest absolute Gasteiger partial charge is 0.299 e. The monoisotopic (exact) mass is 441 g/mol. The van der Waals surface area contributed by atoms with E-state index in [0.29, 0.717) is 24.6 Å². The standard InChI is InChI=1S/C27H31N5O/c1-2-9-31-12-7-20(8-13-31)15-26(33)27-24-16-22(5-6-25(24)29-30-27)23-14-21(17-28-18-23)19-32-10-3-4-11-32/h1,5-6,14,16-18,20H,3-4,7-13,15,19H2,(H,29,30). The molecular weight excluding hydrogens is 410 g/mol. The van der Waals surface area contributed by atoms with Gasteiger partial charge in [0.15, 0.2) is 5.78 Å². The number of ketones is 1. The van der Waals surface area contributed by atoms with Gasteiger partial charge in [0.05, 0.1) is 12.1 Å². The number of piperidine rings is 1. The van der Waals surface area contributed by atoms with Crippen LogP contribution in [0.2, 0.25) is 0 Å². The molecule has 5 rings (SSSR count). The van der Waals surface area contributed by atoms with E-state index in [-0.39, 0.29) is 5.78 Å². The van der Waals surface area contributed by atoms with Crippen molar-refractivity contribution >= 4 is 16.7 Å². The Balaban J connectivity index is 1.32. The molecule has 1 aromatic carbocycles. The van der Waals surface area contributed by atoms with E-state index in [9.17, 15) is 4.79 Å². The second kappa shape index (κ2) is 9.86. The number of pyridine rings is 1. The van der Waals surface area contributed by atoms with E-state index in [1.54, 1.807) is 0 Å². The Morgan fingerprint density at radius 2 is 1.88 bits per heavy atom. The van der Waals surface area contributed by atoms with Gasteiger partial charge in [-0.2, -0.15) is 5.10 Å². The summed E-state index contributed by atoms with van der Waals surface area (Å²) in [7, 11) is 0. The van der Waals surface area contributed by atoms with Gasteiger partial charge in [0, 0.05) is 36.3 Å². The van der Waals surface area contributed by atoms with E-state index >= 15 is 0 Å². The number of carbonyl (C=O) groups excluding carboxylic acids is 1. The van der Waals surface area contributed by atoms with Crippen LogP contribution in [0.1, 0.15) is 48.2 Å². The Labute approximate surface area is 195 Å². The van der Waals surface area contributed by atoms with Crippen molar-refractivity contribution in [2.45, 2.75) is 38.6 Å². The smallest absolute Gasteiger partial charge is 0.183 e. The van der Waals surface area contributed by atoms with Crippen LogP contribution in [-0.2, 0) is 6.54 Å². The van der Waals surface area contributed by atoms with Gasteiger partial charge in [0.1, 0.15) is 5.69 Å². The second-order valence-corrected chi connectivity index (χ2v) is 9.45. The molecule has 2 aliphatic rings. The third-order valence-corrected chi connectivity index (χ3v) is 7.06. The molecule has 0 amide bonds. The fraction of sp³-hybridized carbons (Fsp3) is 0.444. The predicted molar refractivity (Wildman–Crippen MR) is 131 cm³/mol. The lowest BCUT2D eigenvalue weighted by Gasteiger charge is -2.30. The van der Waals surface area contributed by atoms with E-state index in [1.165, 1.54) is 31.5 Å². The maximum Gasteiger partial charge on any atom is 0.183 e. The molecule has 0 aliphatic carbocycles. The molecule has 0 spiro atoms. The molecule has 33 heavy (non-hydrogen) atoms. The molecule has 0 radical (unpaired) electrons. The first kappa shape index (κ1) is 21.8. The number of benzene rings is 1. The lowest BCUT2D eigenvalue weighted by molar-refractivity contribution is 0.0929. The Morgan fingerprint density at radius 1 is 1.06 bits per heavy atom. The van der Waals surface area contributed by atoms with Gasteiger partial charge in [-0.3, -0.25) is 24.7 Å². The Hall–Kier alpha value is -3.01. The van der Waals surface area contributed by atoms with Gasteiger partial charge in [0.2, 0.25) is 0 Å². The van der Waals surface area contributed by atoms with Crippen LogP contribution in [0.3, 0.4) is 0 Å². The summed E-state index contributed by atoms with van der Waals surface area (Å²) in [6, 6.07) is 8.39. The summed E-state index contributed by atoms with van der Waals surface area (Å²) in [4.78, 5) is 22.4. The van der Waals surface area contributed by atoms with Crippen LogP contribution < -0.4 is 0 Å². The number of hydrogen-bond acceptors (Lipinski definition) is 5. The molecule has 0 atom stereocenters. The number of fused-ring (bicyclic) bond motifs is 1. The zero-order valence-corrected chi connectivity index (χ0v) is 19.1. The van der Waals surface area contributed by atoms with Crippen molar-refractivity contribution in [3.05, 3.63) is 47.9 Å². The van der Waals surface area contributed by atoms with Crippen molar-refractivity contribution in [2.75, 3.05) is 32.7 Å². The summed E-state index contributed by atoms with van der Waals surface area (Å²) in [5.41, 5.74) is 4.82. The normalized spacial score (nSPS) is 18.0. The zero-order valence-electron chi connectivity index (χ0n) is 19.1. The zero-order chi connectivity index (χ0) is 22.6. The molecule has 4 heterocycles. The average Bonchev–Trinajstić information content (AvgIpc) is 3.50. The third kappa shape index (κ3) is 5.00. The number of aromatic nitrogens is 3. The van der Waals surface area contributed by atoms with Crippen LogP contribution in [0.4, 0.5) is 0 Å². The predicted octanol–water partition coefficient (Wildman–Crippen LogP) is 4.14. The summed E-state index contributed by atoms with van der Waals surface area (Å²) in [6.45, 7) is 5.90. The minimum Gasteiger partial charge on any atom is -0.299 e. The van der Waals surface area contributed by atoms with Gasteiger partial charge < -0.3 is 0 Å². The van der Waals surface area contributed by atoms with Crippen LogP contribution in [0.5, 0.6) is 0 Å². The first-order valence-corrected chi connectivity index (χ1v) is 12.0. The molecule has 2 aromatic heterocycles.